The highest BCUT2D eigenvalue weighted by molar-refractivity contribution is 6.51. The molecule has 3 aromatic rings. The Kier molecular flexibility index (Phi) is 6.41. The molecule has 7 nitrogen and oxygen atoms in total. The van der Waals surface area contributed by atoms with Crippen LogP contribution >= 0.6 is 23.2 Å². The van der Waals surface area contributed by atoms with Crippen molar-refractivity contribution in [1.29, 1.82) is 0 Å². The van der Waals surface area contributed by atoms with E-state index < -0.39 is 23.5 Å². The minimum Gasteiger partial charge on any atom is -0.507 e. The number of Topliss-reactive ketones (excluding diaryl/α,β-unsaturated/α-hetero) is 1. The number of aromatic hydroxyl groups is 1. The van der Waals surface area contributed by atoms with Gasteiger partial charge in [0.2, 0.25) is 0 Å². The van der Waals surface area contributed by atoms with Crippen molar-refractivity contribution in [3.63, 3.8) is 0 Å². The molecule has 34 heavy (non-hydrogen) atoms. The SMILES string of the molecule is COc1ccc(C2/C(=C(\O)c3cc(Cl)ccc3OC)C(=O)C(=O)N2c2ccc(Cl)cc2)cc1O. The summed E-state index contributed by atoms with van der Waals surface area (Å²) in [5, 5.41) is 22.4. The molecule has 1 unspecified atom stereocenters. The molecule has 0 radical (unpaired) electrons. The van der Waals surface area contributed by atoms with Gasteiger partial charge in [0.05, 0.1) is 31.4 Å². The Balaban J connectivity index is 1.99. The molecule has 2 N–H and O–H groups in total. The molecule has 0 spiro atoms. The smallest absolute Gasteiger partial charge is 0.300 e. The van der Waals surface area contributed by atoms with Gasteiger partial charge in [-0.25, -0.2) is 0 Å². The number of methoxy groups -OCH3 is 2. The molecule has 1 aliphatic heterocycles. The highest BCUT2D eigenvalue weighted by atomic mass is 35.5. The number of nitrogens with zero attached hydrogens (tertiary/aromatic N) is 1. The van der Waals surface area contributed by atoms with Gasteiger partial charge < -0.3 is 19.7 Å². The van der Waals surface area contributed by atoms with Crippen molar-refractivity contribution in [3.05, 3.63) is 87.4 Å². The largest absolute Gasteiger partial charge is 0.507 e. The van der Waals surface area contributed by atoms with Gasteiger partial charge in [-0.05, 0) is 60.2 Å². The average Bonchev–Trinajstić information content (AvgIpc) is 3.09. The van der Waals surface area contributed by atoms with Gasteiger partial charge in [0.15, 0.2) is 11.5 Å². The molecule has 1 heterocycles. The second kappa shape index (κ2) is 9.29. The number of hydrogen-bond donors (Lipinski definition) is 2. The molecule has 1 fully saturated rings. The standard InChI is InChI=1S/C25H19Cl2NO6/c1-33-19-10-6-15(27)12-17(19)23(30)21-22(13-3-9-20(34-2)18(29)11-13)28(25(32)24(21)31)16-7-4-14(26)5-8-16/h3-12,22,29-30H,1-2H3/b23-21+. The fourth-order valence-corrected chi connectivity index (χ4v) is 4.20. The number of aliphatic hydroxyl groups excluding tert-OH is 1. The topological polar surface area (TPSA) is 96.3 Å². The van der Waals surface area contributed by atoms with Gasteiger partial charge in [0.25, 0.3) is 11.7 Å². The summed E-state index contributed by atoms with van der Waals surface area (Å²) in [6, 6.07) is 14.3. The maximum atomic E-state index is 13.3. The lowest BCUT2D eigenvalue weighted by Gasteiger charge is -2.26. The highest BCUT2D eigenvalue weighted by Crippen LogP contribution is 2.45. The number of carbonyl (C=O) groups is 2. The van der Waals surface area contributed by atoms with Crippen molar-refractivity contribution in [2.24, 2.45) is 0 Å². The predicted octanol–water partition coefficient (Wildman–Crippen LogP) is 5.34. The quantitative estimate of drug-likeness (QED) is 0.279. The summed E-state index contributed by atoms with van der Waals surface area (Å²) in [7, 11) is 2.81. The monoisotopic (exact) mass is 499 g/mol. The number of anilines is 1. The second-order valence-corrected chi connectivity index (χ2v) is 8.29. The van der Waals surface area contributed by atoms with Crippen LogP contribution in [0.3, 0.4) is 0 Å². The second-order valence-electron chi connectivity index (χ2n) is 7.42. The van der Waals surface area contributed by atoms with Crippen LogP contribution in [0.5, 0.6) is 17.2 Å². The van der Waals surface area contributed by atoms with Crippen LogP contribution in [0.15, 0.2) is 66.2 Å². The third kappa shape index (κ3) is 4.04. The van der Waals surface area contributed by atoms with E-state index in [-0.39, 0.29) is 28.4 Å². The molecule has 1 aliphatic rings. The molecule has 9 heteroatoms. The molecule has 0 aliphatic carbocycles. The lowest BCUT2D eigenvalue weighted by atomic mass is 9.94. The van der Waals surface area contributed by atoms with Crippen LogP contribution in [0.25, 0.3) is 5.76 Å². The molecular formula is C25H19Cl2NO6. The first-order valence-corrected chi connectivity index (χ1v) is 10.8. The maximum absolute atomic E-state index is 13.3. The van der Waals surface area contributed by atoms with Gasteiger partial charge in [0, 0.05) is 15.7 Å². The van der Waals surface area contributed by atoms with Crippen LogP contribution in [0.1, 0.15) is 17.2 Å². The fraction of sp³-hybridized carbons (Fsp3) is 0.120. The summed E-state index contributed by atoms with van der Waals surface area (Å²) in [6.07, 6.45) is 0. The van der Waals surface area contributed by atoms with E-state index in [1.54, 1.807) is 42.5 Å². The van der Waals surface area contributed by atoms with E-state index in [4.69, 9.17) is 32.7 Å². The number of phenols is 1. The van der Waals surface area contributed by atoms with Crippen molar-refractivity contribution in [2.45, 2.75) is 6.04 Å². The number of rotatable bonds is 5. The molecule has 0 aromatic heterocycles. The lowest BCUT2D eigenvalue weighted by Crippen LogP contribution is -2.29. The van der Waals surface area contributed by atoms with Crippen molar-refractivity contribution in [3.8, 4) is 17.2 Å². The first-order valence-electron chi connectivity index (χ1n) is 10.0. The van der Waals surface area contributed by atoms with E-state index in [0.29, 0.717) is 21.3 Å². The number of phenolic OH excluding ortho intramolecular Hbond substituents is 1. The van der Waals surface area contributed by atoms with Gasteiger partial charge in [-0.2, -0.15) is 0 Å². The molecule has 0 saturated carbocycles. The van der Waals surface area contributed by atoms with E-state index in [1.807, 2.05) is 0 Å². The Hall–Kier alpha value is -3.68. The van der Waals surface area contributed by atoms with Crippen LogP contribution in [0.2, 0.25) is 10.0 Å². The minimum absolute atomic E-state index is 0.145. The summed E-state index contributed by atoms with van der Waals surface area (Å²) in [5.41, 5.74) is 0.704. The first kappa shape index (κ1) is 23.5. The zero-order chi connectivity index (χ0) is 24.6. The van der Waals surface area contributed by atoms with Crippen LogP contribution in [0.4, 0.5) is 5.69 Å². The van der Waals surface area contributed by atoms with Gasteiger partial charge in [0.1, 0.15) is 11.5 Å². The number of hydrogen-bond acceptors (Lipinski definition) is 6. The molecule has 0 bridgehead atoms. The number of ether oxygens (including phenoxy) is 2. The zero-order valence-electron chi connectivity index (χ0n) is 18.1. The number of ketones is 1. The van der Waals surface area contributed by atoms with Crippen molar-refractivity contribution in [1.82, 2.24) is 0 Å². The number of amides is 1. The number of aliphatic hydroxyl groups is 1. The molecule has 3 aromatic carbocycles. The van der Waals surface area contributed by atoms with E-state index in [2.05, 4.69) is 0 Å². The summed E-state index contributed by atoms with van der Waals surface area (Å²) in [6.45, 7) is 0. The zero-order valence-corrected chi connectivity index (χ0v) is 19.6. The van der Waals surface area contributed by atoms with Crippen LogP contribution in [-0.4, -0.2) is 36.1 Å². The Morgan fingerprint density at radius 1 is 0.882 bits per heavy atom. The maximum Gasteiger partial charge on any atom is 0.300 e. The third-order valence-corrected chi connectivity index (χ3v) is 5.97. The first-order chi connectivity index (χ1) is 16.3. The lowest BCUT2D eigenvalue weighted by molar-refractivity contribution is -0.132. The fourth-order valence-electron chi connectivity index (χ4n) is 3.90. The van der Waals surface area contributed by atoms with Crippen molar-refractivity contribution < 1.29 is 29.3 Å². The molecule has 1 atom stereocenters. The minimum atomic E-state index is -1.07. The Bertz CT molecular complexity index is 1320. The van der Waals surface area contributed by atoms with Crippen molar-refractivity contribution >= 4 is 46.3 Å². The third-order valence-electron chi connectivity index (χ3n) is 5.48. The number of benzene rings is 3. The number of halogens is 2. The van der Waals surface area contributed by atoms with Crippen LogP contribution < -0.4 is 14.4 Å². The van der Waals surface area contributed by atoms with E-state index in [1.165, 1.54) is 37.3 Å². The normalized spacial score (nSPS) is 17.2. The number of carbonyl (C=O) groups excluding carboxylic acids is 2. The summed E-state index contributed by atoms with van der Waals surface area (Å²) in [5.74, 6) is -1.95. The predicted molar refractivity (Wildman–Crippen MR) is 129 cm³/mol. The summed E-state index contributed by atoms with van der Waals surface area (Å²) < 4.78 is 10.4. The Labute approximate surface area is 205 Å². The molecule has 1 amide bonds. The van der Waals surface area contributed by atoms with Gasteiger partial charge in [-0.1, -0.05) is 29.3 Å². The molecule has 1 saturated heterocycles. The van der Waals surface area contributed by atoms with E-state index >= 15 is 0 Å². The molecule has 4 rings (SSSR count). The molecule has 174 valence electrons. The Morgan fingerprint density at radius 3 is 2.12 bits per heavy atom. The Morgan fingerprint density at radius 2 is 1.50 bits per heavy atom. The van der Waals surface area contributed by atoms with Crippen LogP contribution in [0, 0.1) is 0 Å². The highest BCUT2D eigenvalue weighted by Gasteiger charge is 2.47. The molecular weight excluding hydrogens is 481 g/mol. The van der Waals surface area contributed by atoms with Crippen molar-refractivity contribution in [2.75, 3.05) is 19.1 Å². The van der Waals surface area contributed by atoms with Gasteiger partial charge in [-0.15, -0.1) is 0 Å². The van der Waals surface area contributed by atoms with E-state index in [9.17, 15) is 19.8 Å². The van der Waals surface area contributed by atoms with E-state index in [0.717, 1.165) is 0 Å². The van der Waals surface area contributed by atoms with Crippen LogP contribution in [-0.2, 0) is 9.59 Å². The summed E-state index contributed by atoms with van der Waals surface area (Å²) in [4.78, 5) is 27.7. The van der Waals surface area contributed by atoms with Gasteiger partial charge >= 0.3 is 0 Å². The average molecular weight is 500 g/mol. The van der Waals surface area contributed by atoms with Gasteiger partial charge in [-0.3, -0.25) is 14.5 Å². The summed E-state index contributed by atoms with van der Waals surface area (Å²) >= 11 is 12.1.